The normalized spacial score (nSPS) is 24.9. The van der Waals surface area contributed by atoms with Crippen LogP contribution in [0.5, 0.6) is 0 Å². The monoisotopic (exact) mass is 605 g/mol. The number of ether oxygens (including phenoxy) is 1. The highest BCUT2D eigenvalue weighted by molar-refractivity contribution is 14.1. The Kier molecular flexibility index (Phi) is 8.16. The van der Waals surface area contributed by atoms with E-state index < -0.39 is 28.4 Å². The Morgan fingerprint density at radius 2 is 1.97 bits per heavy atom. The van der Waals surface area contributed by atoms with E-state index in [1.807, 2.05) is 11.0 Å². The number of nitro groups is 1. The van der Waals surface area contributed by atoms with Gasteiger partial charge in [-0.2, -0.15) is 13.2 Å². The largest absolute Gasteiger partial charge is 0.422 e. The predicted molar refractivity (Wildman–Crippen MR) is 131 cm³/mol. The van der Waals surface area contributed by atoms with Crippen LogP contribution in [0, 0.1) is 13.7 Å². The van der Waals surface area contributed by atoms with E-state index >= 15 is 0 Å². The maximum Gasteiger partial charge on any atom is 0.422 e. The third-order valence-electron chi connectivity index (χ3n) is 6.81. The van der Waals surface area contributed by atoms with Crippen LogP contribution in [0.1, 0.15) is 43.2 Å². The zero-order chi connectivity index (χ0) is 25.2. The highest BCUT2D eigenvalue weighted by Gasteiger charge is 2.43. The second kappa shape index (κ2) is 11.0. The van der Waals surface area contributed by atoms with Crippen molar-refractivity contribution in [1.29, 1.82) is 0 Å². The minimum absolute atomic E-state index is 0.00627. The molecule has 3 aliphatic rings. The van der Waals surface area contributed by atoms with Crippen LogP contribution in [0.2, 0.25) is 0 Å². The lowest BCUT2D eigenvalue weighted by molar-refractivity contribution is -0.424. The predicted octanol–water partition coefficient (Wildman–Crippen LogP) is 4.51. The molecule has 35 heavy (non-hydrogen) atoms. The number of hydrogen-bond acceptors (Lipinski definition) is 5. The van der Waals surface area contributed by atoms with Crippen molar-refractivity contribution in [3.63, 3.8) is 0 Å². The molecule has 1 atom stereocenters. The molecule has 2 aliphatic carbocycles. The van der Waals surface area contributed by atoms with E-state index in [1.165, 1.54) is 14.7 Å². The molecule has 1 N–H and O–H groups in total. The van der Waals surface area contributed by atoms with Crippen molar-refractivity contribution in [3.8, 4) is 0 Å². The molecule has 0 spiro atoms. The van der Waals surface area contributed by atoms with Gasteiger partial charge in [0.2, 0.25) is 5.91 Å². The van der Waals surface area contributed by atoms with Gasteiger partial charge in [0, 0.05) is 28.7 Å². The molecular formula is C24H27F3IN3O4. The summed E-state index contributed by atoms with van der Waals surface area (Å²) in [5.41, 5.74) is 0.372. The Hall–Kier alpha value is -1.99. The van der Waals surface area contributed by atoms with Crippen LogP contribution < -0.4 is 5.32 Å². The van der Waals surface area contributed by atoms with Crippen molar-refractivity contribution in [2.24, 2.45) is 0 Å². The highest BCUT2D eigenvalue weighted by Crippen LogP contribution is 2.35. The number of benzene rings is 1. The number of carbonyl (C=O) groups excluding carboxylic acids is 1. The van der Waals surface area contributed by atoms with Crippen molar-refractivity contribution in [1.82, 2.24) is 10.2 Å². The lowest BCUT2D eigenvalue weighted by Crippen LogP contribution is -2.43. The van der Waals surface area contributed by atoms with Crippen molar-refractivity contribution in [2.45, 2.75) is 69.4 Å². The molecule has 1 saturated carbocycles. The third kappa shape index (κ3) is 6.62. The first-order valence-electron chi connectivity index (χ1n) is 11.7. The number of allylic oxidation sites excluding steroid dienone is 1. The molecule has 0 radical (unpaired) electrons. The number of nitrogens with one attached hydrogen (secondary N) is 1. The smallest absolute Gasteiger partial charge is 0.368 e. The average Bonchev–Trinajstić information content (AvgIpc) is 2.82. The first-order chi connectivity index (χ1) is 16.6. The molecule has 0 aromatic heterocycles. The molecular weight excluding hydrogens is 578 g/mol. The first-order valence-corrected chi connectivity index (χ1v) is 12.7. The van der Waals surface area contributed by atoms with Gasteiger partial charge in [-0.1, -0.05) is 6.07 Å². The van der Waals surface area contributed by atoms with Crippen LogP contribution in [0.4, 0.5) is 13.2 Å². The lowest BCUT2D eigenvalue weighted by Gasteiger charge is -2.33. The van der Waals surface area contributed by atoms with E-state index in [1.54, 1.807) is 0 Å². The van der Waals surface area contributed by atoms with Crippen LogP contribution in [0.25, 0.3) is 0 Å². The minimum atomic E-state index is -4.77. The van der Waals surface area contributed by atoms with Gasteiger partial charge in [0.05, 0.1) is 11.0 Å². The Labute approximate surface area is 215 Å². The Morgan fingerprint density at radius 3 is 2.66 bits per heavy atom. The fourth-order valence-corrected chi connectivity index (χ4v) is 5.50. The number of halogens is 4. The van der Waals surface area contributed by atoms with Gasteiger partial charge in [0.25, 0.3) is 5.70 Å². The maximum absolute atomic E-state index is 13.2. The van der Waals surface area contributed by atoms with E-state index in [0.717, 1.165) is 18.6 Å². The summed E-state index contributed by atoms with van der Waals surface area (Å²) < 4.78 is 46.8. The van der Waals surface area contributed by atoms with Crippen LogP contribution in [-0.4, -0.2) is 53.2 Å². The van der Waals surface area contributed by atoms with Gasteiger partial charge in [0.1, 0.15) is 12.2 Å². The molecule has 1 aromatic rings. The van der Waals surface area contributed by atoms with E-state index in [9.17, 15) is 28.1 Å². The zero-order valence-corrected chi connectivity index (χ0v) is 21.2. The van der Waals surface area contributed by atoms with Crippen molar-refractivity contribution >= 4 is 28.5 Å². The molecule has 1 amide bonds. The van der Waals surface area contributed by atoms with E-state index in [4.69, 9.17) is 4.74 Å². The van der Waals surface area contributed by atoms with Crippen LogP contribution in [0.3, 0.4) is 0 Å². The second-order valence-electron chi connectivity index (χ2n) is 9.20. The summed E-state index contributed by atoms with van der Waals surface area (Å²) in [5.74, 6) is -0.0325. The van der Waals surface area contributed by atoms with Gasteiger partial charge >= 0.3 is 6.18 Å². The van der Waals surface area contributed by atoms with Crippen molar-refractivity contribution in [2.75, 3.05) is 13.2 Å². The van der Waals surface area contributed by atoms with Gasteiger partial charge in [-0.05, 0) is 96.5 Å². The second-order valence-corrected chi connectivity index (χ2v) is 10.4. The standard InChI is InChI=1S/C24H27F3IN3O4/c25-24(26,27)21-12-19(5-8-22(21)31(33)34)29-18-3-6-20(7-4-18)35-14-23(32)30-10-9-15-11-17(28)2-1-16(15)13-30/h1-2,8,11-12,18-20,29H,3-7,9-10,13-14H2. The summed E-state index contributed by atoms with van der Waals surface area (Å²) in [6, 6.07) is 5.66. The van der Waals surface area contributed by atoms with E-state index in [0.29, 0.717) is 38.8 Å². The fraction of sp³-hybridized carbons (Fsp3) is 0.542. The number of nitrogens with zero attached hydrogens (tertiary/aromatic N) is 2. The fourth-order valence-electron chi connectivity index (χ4n) is 4.95. The molecule has 1 unspecified atom stereocenters. The molecule has 1 heterocycles. The number of rotatable bonds is 6. The van der Waals surface area contributed by atoms with Gasteiger partial charge in [-0.25, -0.2) is 0 Å². The van der Waals surface area contributed by atoms with Gasteiger partial charge in [-0.3, -0.25) is 14.9 Å². The maximum atomic E-state index is 13.2. The minimum Gasteiger partial charge on any atom is -0.368 e. The molecule has 190 valence electrons. The zero-order valence-electron chi connectivity index (χ0n) is 19.0. The molecule has 1 aliphatic heterocycles. The summed E-state index contributed by atoms with van der Waals surface area (Å²) in [4.78, 5) is 24.5. The number of fused-ring (bicyclic) bond motifs is 1. The van der Waals surface area contributed by atoms with Crippen LogP contribution in [-0.2, 0) is 22.5 Å². The SMILES string of the molecule is O=C(COC1CCC(NC2C=C(C(F)(F)F)C([N+](=O)[O-])=CC2)CC1)N1CCc2cc(I)ccc2C1. The van der Waals surface area contributed by atoms with Gasteiger partial charge in [-0.15, -0.1) is 0 Å². The molecule has 0 bridgehead atoms. The summed E-state index contributed by atoms with van der Waals surface area (Å²) in [6.45, 7) is 1.29. The summed E-state index contributed by atoms with van der Waals surface area (Å²) >= 11 is 2.29. The molecule has 1 aromatic carbocycles. The van der Waals surface area contributed by atoms with Crippen LogP contribution in [0.15, 0.2) is 41.6 Å². The molecule has 0 saturated heterocycles. The Bertz CT molecular complexity index is 1040. The molecule has 7 nitrogen and oxygen atoms in total. The number of alkyl halides is 3. The quantitative estimate of drug-likeness (QED) is 0.293. The average molecular weight is 605 g/mol. The summed E-state index contributed by atoms with van der Waals surface area (Å²) in [6.07, 6.45) is 0.902. The highest BCUT2D eigenvalue weighted by atomic mass is 127. The molecule has 1 fully saturated rings. The topological polar surface area (TPSA) is 84.7 Å². The summed E-state index contributed by atoms with van der Waals surface area (Å²) in [5, 5.41) is 14.2. The van der Waals surface area contributed by atoms with Crippen molar-refractivity contribution in [3.05, 3.63) is 66.4 Å². The molecule has 11 heteroatoms. The summed E-state index contributed by atoms with van der Waals surface area (Å²) in [7, 11) is 0. The first kappa shape index (κ1) is 26.1. The van der Waals surface area contributed by atoms with E-state index in [-0.39, 0.29) is 31.1 Å². The Balaban J connectivity index is 1.22. The molecule has 4 rings (SSSR count). The van der Waals surface area contributed by atoms with E-state index in [2.05, 4.69) is 40.0 Å². The lowest BCUT2D eigenvalue weighted by atomic mass is 9.91. The van der Waals surface area contributed by atoms with Gasteiger partial charge < -0.3 is 15.0 Å². The third-order valence-corrected chi connectivity index (χ3v) is 7.48. The Morgan fingerprint density at radius 1 is 1.23 bits per heavy atom. The van der Waals surface area contributed by atoms with Gasteiger partial charge in [0.15, 0.2) is 0 Å². The van der Waals surface area contributed by atoms with Crippen molar-refractivity contribution < 1.29 is 27.6 Å². The number of carbonyl (C=O) groups is 1. The number of hydrogen-bond donors (Lipinski definition) is 1. The number of amides is 1. The van der Waals surface area contributed by atoms with Crippen LogP contribution >= 0.6 is 22.6 Å².